The maximum atomic E-state index is 14.2. The zero-order valence-electron chi connectivity index (χ0n) is 17.6. The van der Waals surface area contributed by atoms with Gasteiger partial charge in [-0.05, 0) is 78.3 Å². The predicted molar refractivity (Wildman–Crippen MR) is 118 cm³/mol. The van der Waals surface area contributed by atoms with Crippen LogP contribution in [0.4, 0.5) is 4.39 Å². The van der Waals surface area contributed by atoms with Gasteiger partial charge in [0, 0.05) is 5.56 Å². The van der Waals surface area contributed by atoms with E-state index in [9.17, 15) is 19.1 Å². The third kappa shape index (κ3) is 4.97. The molecule has 1 fully saturated rings. The minimum atomic E-state index is -0.836. The number of esters is 1. The van der Waals surface area contributed by atoms with Crippen LogP contribution in [0.3, 0.4) is 0 Å². The van der Waals surface area contributed by atoms with Gasteiger partial charge in [0.25, 0.3) is 0 Å². The summed E-state index contributed by atoms with van der Waals surface area (Å²) in [5.41, 5.74) is 2.18. The molecule has 0 aliphatic heterocycles. The third-order valence-electron chi connectivity index (χ3n) is 5.69. The Morgan fingerprint density at radius 2 is 1.78 bits per heavy atom. The van der Waals surface area contributed by atoms with E-state index in [4.69, 9.17) is 9.47 Å². The van der Waals surface area contributed by atoms with Crippen molar-refractivity contribution in [3.05, 3.63) is 83.7 Å². The molecule has 0 amide bonds. The summed E-state index contributed by atoms with van der Waals surface area (Å²) >= 11 is 0. The number of methoxy groups -OCH3 is 1. The minimum absolute atomic E-state index is 0.0599. The van der Waals surface area contributed by atoms with Crippen LogP contribution in [0.5, 0.6) is 11.5 Å². The predicted octanol–water partition coefficient (Wildman–Crippen LogP) is 5.69. The summed E-state index contributed by atoms with van der Waals surface area (Å²) in [6, 6.07) is 18.0. The second-order valence-corrected chi connectivity index (χ2v) is 7.93. The molecule has 1 N–H and O–H groups in total. The van der Waals surface area contributed by atoms with Crippen LogP contribution in [0.2, 0.25) is 0 Å². The van der Waals surface area contributed by atoms with Gasteiger partial charge in [0.05, 0.1) is 19.1 Å². The quantitative estimate of drug-likeness (QED) is 0.364. The van der Waals surface area contributed by atoms with Gasteiger partial charge in [-0.2, -0.15) is 0 Å². The Labute approximate surface area is 185 Å². The maximum absolute atomic E-state index is 14.2. The number of benzene rings is 3. The summed E-state index contributed by atoms with van der Waals surface area (Å²) in [6.45, 7) is 0. The molecule has 4 rings (SSSR count). The number of hydrogen-bond donors (Lipinski definition) is 1. The van der Waals surface area contributed by atoms with Crippen LogP contribution in [0.1, 0.15) is 41.1 Å². The molecule has 3 aromatic rings. The van der Waals surface area contributed by atoms with Gasteiger partial charge in [0.2, 0.25) is 0 Å². The smallest absolute Gasteiger partial charge is 0.343 e. The largest absolute Gasteiger partial charge is 0.497 e. The first-order valence-corrected chi connectivity index (χ1v) is 10.4. The lowest BCUT2D eigenvalue weighted by molar-refractivity contribution is -0.137. The fraction of sp³-hybridized carbons (Fsp3) is 0.231. The zero-order valence-corrected chi connectivity index (χ0v) is 17.6. The van der Waals surface area contributed by atoms with Crippen molar-refractivity contribution in [3.8, 4) is 22.6 Å². The average molecular weight is 434 g/mol. The molecule has 6 heteroatoms. The Kier molecular flexibility index (Phi) is 6.21. The van der Waals surface area contributed by atoms with Gasteiger partial charge in [-0.25, -0.2) is 9.18 Å². The monoisotopic (exact) mass is 434 g/mol. The van der Waals surface area contributed by atoms with E-state index >= 15 is 0 Å². The average Bonchev–Trinajstić information content (AvgIpc) is 3.63. The molecular weight excluding hydrogens is 411 g/mol. The van der Waals surface area contributed by atoms with Crippen LogP contribution in [0.25, 0.3) is 11.1 Å². The summed E-state index contributed by atoms with van der Waals surface area (Å²) in [5.74, 6) is -0.573. The standard InChI is InChI=1S/C26H23FO5/c1-31-20-11-12-24(27)23(14-20)17-7-9-18(10-8-17)26(30)32-21-4-2-3-19(13-21)22(15-25(28)29)16-5-6-16/h2-4,7-14,16,22H,5-6,15H2,1H3,(H,28,29)/t22-/m0/s1. The molecule has 0 aromatic heterocycles. The maximum Gasteiger partial charge on any atom is 0.343 e. The van der Waals surface area contributed by atoms with E-state index in [1.165, 1.54) is 13.2 Å². The van der Waals surface area contributed by atoms with E-state index < -0.39 is 11.9 Å². The lowest BCUT2D eigenvalue weighted by Gasteiger charge is -2.15. The Bertz CT molecular complexity index is 1140. The summed E-state index contributed by atoms with van der Waals surface area (Å²) in [6.07, 6.45) is 2.09. The molecule has 0 unspecified atom stereocenters. The molecule has 1 aliphatic rings. The van der Waals surface area contributed by atoms with Crippen LogP contribution in [0, 0.1) is 11.7 Å². The number of rotatable bonds is 8. The van der Waals surface area contributed by atoms with Gasteiger partial charge >= 0.3 is 11.9 Å². The first-order chi connectivity index (χ1) is 15.4. The number of carbonyl (C=O) groups excluding carboxylic acids is 1. The molecule has 32 heavy (non-hydrogen) atoms. The molecule has 0 heterocycles. The van der Waals surface area contributed by atoms with Crippen LogP contribution in [-0.4, -0.2) is 24.2 Å². The summed E-state index contributed by atoms with van der Waals surface area (Å²) in [7, 11) is 1.51. The van der Waals surface area contributed by atoms with Gasteiger partial charge in [0.1, 0.15) is 17.3 Å². The second kappa shape index (κ2) is 9.22. The topological polar surface area (TPSA) is 72.8 Å². The van der Waals surface area contributed by atoms with Crippen molar-refractivity contribution in [1.82, 2.24) is 0 Å². The summed E-state index contributed by atoms with van der Waals surface area (Å²) < 4.78 is 24.9. The molecular formula is C26H23FO5. The molecule has 0 bridgehead atoms. The van der Waals surface area contributed by atoms with E-state index in [1.54, 1.807) is 54.6 Å². The molecule has 3 aromatic carbocycles. The molecule has 5 nitrogen and oxygen atoms in total. The van der Waals surface area contributed by atoms with Gasteiger partial charge in [-0.15, -0.1) is 0 Å². The highest BCUT2D eigenvalue weighted by atomic mass is 19.1. The Hall–Kier alpha value is -3.67. The molecule has 0 radical (unpaired) electrons. The van der Waals surface area contributed by atoms with Crippen molar-refractivity contribution in [2.24, 2.45) is 5.92 Å². The van der Waals surface area contributed by atoms with Crippen LogP contribution < -0.4 is 9.47 Å². The minimum Gasteiger partial charge on any atom is -0.497 e. The zero-order chi connectivity index (χ0) is 22.7. The normalized spacial score (nSPS) is 13.9. The Balaban J connectivity index is 1.49. The van der Waals surface area contributed by atoms with Crippen LogP contribution in [0.15, 0.2) is 66.7 Å². The van der Waals surface area contributed by atoms with Crippen molar-refractivity contribution in [1.29, 1.82) is 0 Å². The highest BCUT2D eigenvalue weighted by Gasteiger charge is 2.33. The Morgan fingerprint density at radius 3 is 2.44 bits per heavy atom. The second-order valence-electron chi connectivity index (χ2n) is 7.93. The number of carboxylic acids is 1. The number of carboxylic acid groups (broad SMARTS) is 1. The molecule has 1 atom stereocenters. The Morgan fingerprint density at radius 1 is 1.03 bits per heavy atom. The van der Waals surface area contributed by atoms with E-state index in [-0.39, 0.29) is 18.2 Å². The van der Waals surface area contributed by atoms with Gasteiger partial charge in [0.15, 0.2) is 0 Å². The number of carbonyl (C=O) groups is 2. The molecule has 1 aliphatic carbocycles. The van der Waals surface area contributed by atoms with E-state index in [1.807, 2.05) is 6.07 Å². The van der Waals surface area contributed by atoms with Crippen molar-refractivity contribution < 1.29 is 28.6 Å². The third-order valence-corrected chi connectivity index (χ3v) is 5.69. The first-order valence-electron chi connectivity index (χ1n) is 10.4. The molecule has 0 saturated heterocycles. The lowest BCUT2D eigenvalue weighted by atomic mass is 9.91. The first kappa shape index (κ1) is 21.6. The molecule has 0 spiro atoms. The number of hydrogen-bond acceptors (Lipinski definition) is 4. The van der Waals surface area contributed by atoms with Crippen molar-refractivity contribution in [2.75, 3.05) is 7.11 Å². The van der Waals surface area contributed by atoms with Crippen molar-refractivity contribution in [3.63, 3.8) is 0 Å². The van der Waals surface area contributed by atoms with Gasteiger partial charge < -0.3 is 14.6 Å². The highest BCUT2D eigenvalue weighted by molar-refractivity contribution is 5.91. The fourth-order valence-electron chi connectivity index (χ4n) is 3.86. The highest BCUT2D eigenvalue weighted by Crippen LogP contribution is 2.45. The van der Waals surface area contributed by atoms with E-state index in [2.05, 4.69) is 0 Å². The van der Waals surface area contributed by atoms with Crippen LogP contribution in [-0.2, 0) is 4.79 Å². The molecule has 1 saturated carbocycles. The van der Waals surface area contributed by atoms with Crippen LogP contribution >= 0.6 is 0 Å². The fourth-order valence-corrected chi connectivity index (χ4v) is 3.86. The van der Waals surface area contributed by atoms with Gasteiger partial charge in [-0.1, -0.05) is 24.3 Å². The van der Waals surface area contributed by atoms with E-state index in [0.29, 0.717) is 34.1 Å². The number of halogens is 1. The SMILES string of the molecule is COc1ccc(F)c(-c2ccc(C(=O)Oc3cccc([C@@H](CC(=O)O)C4CC4)c3)cc2)c1. The summed E-state index contributed by atoms with van der Waals surface area (Å²) in [4.78, 5) is 23.9. The van der Waals surface area contributed by atoms with Crippen molar-refractivity contribution >= 4 is 11.9 Å². The molecule has 164 valence electrons. The van der Waals surface area contributed by atoms with Crippen molar-refractivity contribution in [2.45, 2.75) is 25.2 Å². The number of ether oxygens (including phenoxy) is 2. The van der Waals surface area contributed by atoms with Gasteiger partial charge in [-0.3, -0.25) is 4.79 Å². The summed E-state index contributed by atoms with van der Waals surface area (Å²) in [5, 5.41) is 9.22. The van der Waals surface area contributed by atoms with E-state index in [0.717, 1.165) is 18.4 Å². The lowest BCUT2D eigenvalue weighted by Crippen LogP contribution is -2.10. The number of aliphatic carboxylic acids is 1.